The van der Waals surface area contributed by atoms with Crippen molar-refractivity contribution in [3.63, 3.8) is 0 Å². The summed E-state index contributed by atoms with van der Waals surface area (Å²) < 4.78 is 15.4. The van der Waals surface area contributed by atoms with Gasteiger partial charge in [-0.1, -0.05) is 0 Å². The summed E-state index contributed by atoms with van der Waals surface area (Å²) >= 11 is 0. The zero-order valence-electron chi connectivity index (χ0n) is 6.08. The van der Waals surface area contributed by atoms with Crippen LogP contribution in [0.4, 0.5) is 0 Å². The van der Waals surface area contributed by atoms with Gasteiger partial charge < -0.3 is 14.2 Å². The summed E-state index contributed by atoms with van der Waals surface area (Å²) in [6.45, 7) is 4.41. The molecule has 0 amide bonds. The Morgan fingerprint density at radius 3 is 2.70 bits per heavy atom. The summed E-state index contributed by atoms with van der Waals surface area (Å²) in [6.07, 6.45) is 1.16. The molecule has 0 spiro atoms. The minimum absolute atomic E-state index is 0.360. The molecule has 0 radical (unpaired) electrons. The molecule has 0 aromatic rings. The van der Waals surface area contributed by atoms with Crippen molar-refractivity contribution >= 4 is 0 Å². The first kappa shape index (κ1) is 6.58. The molecule has 0 bridgehead atoms. The van der Waals surface area contributed by atoms with Crippen LogP contribution in [0.1, 0.15) is 6.92 Å². The van der Waals surface area contributed by atoms with Crippen molar-refractivity contribution in [2.45, 2.75) is 25.2 Å². The Morgan fingerprint density at radius 2 is 2.20 bits per heavy atom. The zero-order chi connectivity index (χ0) is 6.97. The maximum Gasteiger partial charge on any atom is 0.107 e. The summed E-state index contributed by atoms with van der Waals surface area (Å²) in [5.74, 6) is 0. The van der Waals surface area contributed by atoms with Gasteiger partial charge in [0.1, 0.15) is 12.2 Å². The van der Waals surface area contributed by atoms with Gasteiger partial charge in [-0.05, 0) is 6.92 Å². The minimum atomic E-state index is 0.360. The van der Waals surface area contributed by atoms with Gasteiger partial charge in [0.05, 0.1) is 25.9 Å². The zero-order valence-corrected chi connectivity index (χ0v) is 6.08. The van der Waals surface area contributed by atoms with Crippen molar-refractivity contribution in [1.82, 2.24) is 0 Å². The van der Waals surface area contributed by atoms with Gasteiger partial charge in [-0.15, -0.1) is 0 Å². The van der Waals surface area contributed by atoms with Crippen LogP contribution in [0, 0.1) is 0 Å². The molecule has 2 saturated heterocycles. The smallest absolute Gasteiger partial charge is 0.107 e. The molecule has 0 saturated carbocycles. The standard InChI is InChI=1S/C7H12O3/c1-5-7(10-5)4-8-2-6-3-9-6/h5-7H,2-4H2,1H3. The predicted molar refractivity (Wildman–Crippen MR) is 34.9 cm³/mol. The van der Waals surface area contributed by atoms with E-state index in [4.69, 9.17) is 14.2 Å². The third kappa shape index (κ3) is 1.68. The van der Waals surface area contributed by atoms with Gasteiger partial charge in [0.25, 0.3) is 0 Å². The summed E-state index contributed by atoms with van der Waals surface area (Å²) in [4.78, 5) is 0. The lowest BCUT2D eigenvalue weighted by molar-refractivity contribution is 0.102. The quantitative estimate of drug-likeness (QED) is 0.528. The van der Waals surface area contributed by atoms with Crippen LogP contribution >= 0.6 is 0 Å². The molecule has 2 aliphatic rings. The van der Waals surface area contributed by atoms with Crippen LogP contribution in [0.2, 0.25) is 0 Å². The summed E-state index contributed by atoms with van der Waals surface area (Å²) in [5, 5.41) is 0. The fourth-order valence-electron chi connectivity index (χ4n) is 0.885. The Balaban J connectivity index is 1.48. The van der Waals surface area contributed by atoms with Gasteiger partial charge in [0.2, 0.25) is 0 Å². The summed E-state index contributed by atoms with van der Waals surface area (Å²) in [6, 6.07) is 0. The SMILES string of the molecule is CC1OC1COCC1CO1. The Labute approximate surface area is 60.3 Å². The first-order valence-electron chi connectivity index (χ1n) is 3.71. The van der Waals surface area contributed by atoms with Crippen LogP contribution in [0.25, 0.3) is 0 Å². The Morgan fingerprint density at radius 1 is 1.50 bits per heavy atom. The van der Waals surface area contributed by atoms with Crippen molar-refractivity contribution in [3.8, 4) is 0 Å². The highest BCUT2D eigenvalue weighted by atomic mass is 16.6. The fourth-order valence-corrected chi connectivity index (χ4v) is 0.885. The molecule has 2 aliphatic heterocycles. The molecule has 0 aliphatic carbocycles. The van der Waals surface area contributed by atoms with Crippen LogP contribution in [0.3, 0.4) is 0 Å². The molecule has 3 unspecified atom stereocenters. The minimum Gasteiger partial charge on any atom is -0.376 e. The van der Waals surface area contributed by atoms with Crippen molar-refractivity contribution < 1.29 is 14.2 Å². The van der Waals surface area contributed by atoms with Gasteiger partial charge >= 0.3 is 0 Å². The second kappa shape index (κ2) is 2.49. The normalized spacial score (nSPS) is 43.5. The lowest BCUT2D eigenvalue weighted by Crippen LogP contribution is -2.08. The second-order valence-corrected chi connectivity index (χ2v) is 2.87. The lowest BCUT2D eigenvalue weighted by Gasteiger charge is -1.96. The number of epoxide rings is 2. The van der Waals surface area contributed by atoms with E-state index >= 15 is 0 Å². The third-order valence-corrected chi connectivity index (χ3v) is 1.82. The summed E-state index contributed by atoms with van der Waals surface area (Å²) in [7, 11) is 0. The van der Waals surface area contributed by atoms with Crippen molar-refractivity contribution in [2.75, 3.05) is 19.8 Å². The molecule has 3 atom stereocenters. The van der Waals surface area contributed by atoms with Gasteiger partial charge in [-0.3, -0.25) is 0 Å². The molecule has 2 rings (SSSR count). The van der Waals surface area contributed by atoms with Crippen LogP contribution in [-0.4, -0.2) is 38.1 Å². The Kier molecular flexibility index (Phi) is 1.64. The van der Waals surface area contributed by atoms with Gasteiger partial charge in [0.15, 0.2) is 0 Å². The number of rotatable bonds is 4. The second-order valence-electron chi connectivity index (χ2n) is 2.87. The molecule has 0 aromatic heterocycles. The number of hydrogen-bond donors (Lipinski definition) is 0. The van der Waals surface area contributed by atoms with Crippen molar-refractivity contribution in [1.29, 1.82) is 0 Å². The molecule has 2 heterocycles. The van der Waals surface area contributed by atoms with Crippen LogP contribution in [-0.2, 0) is 14.2 Å². The van der Waals surface area contributed by atoms with Gasteiger partial charge in [0, 0.05) is 0 Å². The van der Waals surface area contributed by atoms with E-state index in [2.05, 4.69) is 6.92 Å². The molecule has 0 N–H and O–H groups in total. The van der Waals surface area contributed by atoms with Crippen LogP contribution in [0.5, 0.6) is 0 Å². The van der Waals surface area contributed by atoms with E-state index in [0.29, 0.717) is 18.3 Å². The first-order chi connectivity index (χ1) is 4.86. The van der Waals surface area contributed by atoms with E-state index in [1.165, 1.54) is 0 Å². The van der Waals surface area contributed by atoms with Crippen LogP contribution < -0.4 is 0 Å². The monoisotopic (exact) mass is 144 g/mol. The predicted octanol–water partition coefficient (Wildman–Crippen LogP) is 0.189. The maximum absolute atomic E-state index is 5.30. The highest BCUT2D eigenvalue weighted by Gasteiger charge is 2.34. The summed E-state index contributed by atoms with van der Waals surface area (Å²) in [5.41, 5.74) is 0. The average Bonchev–Trinajstić information content (AvgIpc) is 2.73. The Bertz CT molecular complexity index is 122. The van der Waals surface area contributed by atoms with E-state index in [1.54, 1.807) is 0 Å². The van der Waals surface area contributed by atoms with Crippen molar-refractivity contribution in [3.05, 3.63) is 0 Å². The highest BCUT2D eigenvalue weighted by Crippen LogP contribution is 2.21. The molecule has 2 fully saturated rings. The van der Waals surface area contributed by atoms with Gasteiger partial charge in [-0.25, -0.2) is 0 Å². The van der Waals surface area contributed by atoms with E-state index in [9.17, 15) is 0 Å². The van der Waals surface area contributed by atoms with E-state index in [0.717, 1.165) is 19.8 Å². The van der Waals surface area contributed by atoms with E-state index in [-0.39, 0.29) is 0 Å². The highest BCUT2D eigenvalue weighted by molar-refractivity contribution is 4.80. The molecule has 3 nitrogen and oxygen atoms in total. The number of ether oxygens (including phenoxy) is 3. The van der Waals surface area contributed by atoms with E-state index < -0.39 is 0 Å². The van der Waals surface area contributed by atoms with Crippen LogP contribution in [0.15, 0.2) is 0 Å². The third-order valence-electron chi connectivity index (χ3n) is 1.82. The lowest BCUT2D eigenvalue weighted by atomic mass is 10.4. The molecule has 0 aromatic carbocycles. The van der Waals surface area contributed by atoms with Crippen molar-refractivity contribution in [2.24, 2.45) is 0 Å². The molecular formula is C7H12O3. The molecule has 3 heteroatoms. The molecule has 58 valence electrons. The fraction of sp³-hybridized carbons (Fsp3) is 1.00. The molecular weight excluding hydrogens is 132 g/mol. The molecule has 10 heavy (non-hydrogen) atoms. The topological polar surface area (TPSA) is 34.3 Å². The maximum atomic E-state index is 5.30. The first-order valence-corrected chi connectivity index (χ1v) is 3.71. The average molecular weight is 144 g/mol. The number of hydrogen-bond acceptors (Lipinski definition) is 3. The van der Waals surface area contributed by atoms with E-state index in [1.807, 2.05) is 0 Å². The largest absolute Gasteiger partial charge is 0.376 e. The Hall–Kier alpha value is -0.120. The van der Waals surface area contributed by atoms with Gasteiger partial charge in [-0.2, -0.15) is 0 Å².